The van der Waals surface area contributed by atoms with Crippen molar-refractivity contribution in [3.05, 3.63) is 23.9 Å². The number of nitrogens with one attached hydrogen (secondary N) is 1. The third-order valence-corrected chi connectivity index (χ3v) is 2.59. The summed E-state index contributed by atoms with van der Waals surface area (Å²) in [6.07, 6.45) is 2.39. The molecule has 0 aliphatic rings. The molecule has 0 aromatic carbocycles. The highest BCUT2D eigenvalue weighted by Crippen LogP contribution is 2.13. The molecule has 1 atom stereocenters. The Balaban J connectivity index is 2.71. The molecule has 1 rings (SSSR count). The third-order valence-electron chi connectivity index (χ3n) is 2.59. The van der Waals surface area contributed by atoms with Crippen molar-refractivity contribution in [3.8, 4) is 0 Å². The molecule has 0 aliphatic heterocycles. The Morgan fingerprint density at radius 3 is 2.56 bits per heavy atom. The molecule has 0 saturated carbocycles. The molecule has 0 saturated heterocycles. The lowest BCUT2D eigenvalue weighted by molar-refractivity contribution is 0.0696. The van der Waals surface area contributed by atoms with Gasteiger partial charge in [0.05, 0.1) is 5.56 Å². The summed E-state index contributed by atoms with van der Waals surface area (Å²) in [6.45, 7) is 6.41. The fourth-order valence-corrected chi connectivity index (χ4v) is 1.54. The van der Waals surface area contributed by atoms with Gasteiger partial charge in [-0.05, 0) is 24.5 Å². The minimum Gasteiger partial charge on any atom is -0.478 e. The molecule has 4 heteroatoms. The third kappa shape index (κ3) is 3.22. The molecule has 1 unspecified atom stereocenters. The predicted molar refractivity (Wildman–Crippen MR) is 63.7 cm³/mol. The summed E-state index contributed by atoms with van der Waals surface area (Å²) < 4.78 is 0. The average molecular weight is 222 g/mol. The standard InChI is InChI=1S/C12H18N2O2/c1-4-10(8(2)3)14-11-6-5-9(7-13-11)12(15)16/h5-8,10H,4H2,1-3H3,(H,13,14)(H,15,16). The number of aromatic carboxylic acids is 1. The van der Waals surface area contributed by atoms with Gasteiger partial charge in [0, 0.05) is 12.2 Å². The van der Waals surface area contributed by atoms with Crippen molar-refractivity contribution in [1.82, 2.24) is 4.98 Å². The van der Waals surface area contributed by atoms with E-state index in [1.54, 1.807) is 12.1 Å². The fourth-order valence-electron chi connectivity index (χ4n) is 1.54. The molecular formula is C12H18N2O2. The van der Waals surface area contributed by atoms with Crippen molar-refractivity contribution < 1.29 is 9.90 Å². The second kappa shape index (κ2) is 5.49. The Morgan fingerprint density at radius 2 is 2.19 bits per heavy atom. The van der Waals surface area contributed by atoms with Gasteiger partial charge in [0.25, 0.3) is 0 Å². The smallest absolute Gasteiger partial charge is 0.337 e. The molecule has 2 N–H and O–H groups in total. The Hall–Kier alpha value is -1.58. The van der Waals surface area contributed by atoms with Crippen LogP contribution in [0.1, 0.15) is 37.6 Å². The quantitative estimate of drug-likeness (QED) is 0.804. The van der Waals surface area contributed by atoms with Gasteiger partial charge in [0.1, 0.15) is 5.82 Å². The number of anilines is 1. The number of nitrogens with zero attached hydrogens (tertiary/aromatic N) is 1. The summed E-state index contributed by atoms with van der Waals surface area (Å²) in [5.74, 6) is 0.298. The number of hydrogen-bond donors (Lipinski definition) is 2. The topological polar surface area (TPSA) is 62.2 Å². The lowest BCUT2D eigenvalue weighted by Crippen LogP contribution is -2.25. The molecule has 0 fully saturated rings. The normalized spacial score (nSPS) is 12.5. The molecule has 1 heterocycles. The molecular weight excluding hydrogens is 204 g/mol. The summed E-state index contributed by atoms with van der Waals surface area (Å²) in [7, 11) is 0. The number of aromatic nitrogens is 1. The highest BCUT2D eigenvalue weighted by atomic mass is 16.4. The molecule has 1 aromatic rings. The Bertz CT molecular complexity index is 347. The first kappa shape index (κ1) is 12.5. The van der Waals surface area contributed by atoms with Crippen LogP contribution >= 0.6 is 0 Å². The largest absolute Gasteiger partial charge is 0.478 e. The summed E-state index contributed by atoms with van der Waals surface area (Å²) in [4.78, 5) is 14.7. The van der Waals surface area contributed by atoms with Crippen molar-refractivity contribution >= 4 is 11.8 Å². The second-order valence-electron chi connectivity index (χ2n) is 4.14. The van der Waals surface area contributed by atoms with E-state index in [4.69, 9.17) is 5.11 Å². The van der Waals surface area contributed by atoms with E-state index in [2.05, 4.69) is 31.1 Å². The average Bonchev–Trinajstić information content (AvgIpc) is 2.26. The lowest BCUT2D eigenvalue weighted by Gasteiger charge is -2.21. The van der Waals surface area contributed by atoms with E-state index < -0.39 is 5.97 Å². The van der Waals surface area contributed by atoms with Crippen LogP contribution in [0.2, 0.25) is 0 Å². The monoisotopic (exact) mass is 222 g/mol. The van der Waals surface area contributed by atoms with Crippen molar-refractivity contribution in [1.29, 1.82) is 0 Å². The number of rotatable bonds is 5. The van der Waals surface area contributed by atoms with E-state index in [1.165, 1.54) is 6.20 Å². The zero-order chi connectivity index (χ0) is 12.1. The molecule has 0 spiro atoms. The van der Waals surface area contributed by atoms with Crippen LogP contribution in [0.4, 0.5) is 5.82 Å². The predicted octanol–water partition coefficient (Wildman–Crippen LogP) is 2.63. The van der Waals surface area contributed by atoms with Crippen LogP contribution in [0.15, 0.2) is 18.3 Å². The summed E-state index contributed by atoms with van der Waals surface area (Å²) in [5, 5.41) is 12.0. The molecule has 0 radical (unpaired) electrons. The molecule has 88 valence electrons. The van der Waals surface area contributed by atoms with Gasteiger partial charge in [0.2, 0.25) is 0 Å². The van der Waals surface area contributed by atoms with Gasteiger partial charge in [-0.1, -0.05) is 20.8 Å². The van der Waals surface area contributed by atoms with Crippen LogP contribution < -0.4 is 5.32 Å². The van der Waals surface area contributed by atoms with E-state index in [-0.39, 0.29) is 5.56 Å². The first-order valence-electron chi connectivity index (χ1n) is 5.50. The maximum Gasteiger partial charge on any atom is 0.337 e. The highest BCUT2D eigenvalue weighted by Gasteiger charge is 2.11. The Morgan fingerprint density at radius 1 is 1.50 bits per heavy atom. The summed E-state index contributed by atoms with van der Waals surface area (Å²) >= 11 is 0. The lowest BCUT2D eigenvalue weighted by atomic mass is 10.0. The van der Waals surface area contributed by atoms with E-state index in [9.17, 15) is 4.79 Å². The van der Waals surface area contributed by atoms with Gasteiger partial charge in [-0.2, -0.15) is 0 Å². The van der Waals surface area contributed by atoms with Crippen molar-refractivity contribution in [2.24, 2.45) is 5.92 Å². The van der Waals surface area contributed by atoms with Crippen LogP contribution in [-0.2, 0) is 0 Å². The van der Waals surface area contributed by atoms with E-state index in [0.717, 1.165) is 12.2 Å². The first-order chi connectivity index (χ1) is 7.54. The highest BCUT2D eigenvalue weighted by molar-refractivity contribution is 5.87. The van der Waals surface area contributed by atoms with Gasteiger partial charge in [0.15, 0.2) is 0 Å². The SMILES string of the molecule is CCC(Nc1ccc(C(=O)O)cn1)C(C)C. The van der Waals surface area contributed by atoms with Crippen molar-refractivity contribution in [3.63, 3.8) is 0 Å². The van der Waals surface area contributed by atoms with Gasteiger partial charge < -0.3 is 10.4 Å². The van der Waals surface area contributed by atoms with Crippen molar-refractivity contribution in [2.45, 2.75) is 33.2 Å². The van der Waals surface area contributed by atoms with Gasteiger partial charge >= 0.3 is 5.97 Å². The van der Waals surface area contributed by atoms with Gasteiger partial charge in [-0.25, -0.2) is 9.78 Å². The zero-order valence-electron chi connectivity index (χ0n) is 9.90. The van der Waals surface area contributed by atoms with E-state index >= 15 is 0 Å². The zero-order valence-corrected chi connectivity index (χ0v) is 9.90. The first-order valence-corrected chi connectivity index (χ1v) is 5.50. The van der Waals surface area contributed by atoms with E-state index in [1.807, 2.05) is 0 Å². The van der Waals surface area contributed by atoms with Crippen LogP contribution in [0.3, 0.4) is 0 Å². The molecule has 0 amide bonds. The maximum atomic E-state index is 10.6. The maximum absolute atomic E-state index is 10.6. The van der Waals surface area contributed by atoms with Crippen molar-refractivity contribution in [2.75, 3.05) is 5.32 Å². The van der Waals surface area contributed by atoms with Crippen LogP contribution in [0.25, 0.3) is 0 Å². The van der Waals surface area contributed by atoms with Crippen LogP contribution in [0.5, 0.6) is 0 Å². The molecule has 0 aliphatic carbocycles. The Labute approximate surface area is 95.7 Å². The van der Waals surface area contributed by atoms with Crippen LogP contribution in [-0.4, -0.2) is 22.1 Å². The number of carboxylic acids is 1. The van der Waals surface area contributed by atoms with E-state index in [0.29, 0.717) is 12.0 Å². The summed E-state index contributed by atoms with van der Waals surface area (Å²) in [5.41, 5.74) is 0.211. The minimum atomic E-state index is -0.949. The molecule has 4 nitrogen and oxygen atoms in total. The molecule has 0 bridgehead atoms. The van der Waals surface area contributed by atoms with Crippen LogP contribution in [0, 0.1) is 5.92 Å². The second-order valence-corrected chi connectivity index (χ2v) is 4.14. The Kier molecular flexibility index (Phi) is 4.28. The number of pyridine rings is 1. The molecule has 1 aromatic heterocycles. The number of carboxylic acid groups (broad SMARTS) is 1. The number of hydrogen-bond acceptors (Lipinski definition) is 3. The van der Waals surface area contributed by atoms with Gasteiger partial charge in [-0.3, -0.25) is 0 Å². The number of carbonyl (C=O) groups is 1. The minimum absolute atomic E-state index is 0.211. The molecule has 16 heavy (non-hydrogen) atoms. The fraction of sp³-hybridized carbons (Fsp3) is 0.500. The summed E-state index contributed by atoms with van der Waals surface area (Å²) in [6, 6.07) is 3.63. The van der Waals surface area contributed by atoms with Gasteiger partial charge in [-0.15, -0.1) is 0 Å².